The Morgan fingerprint density at radius 2 is 2.41 bits per heavy atom. The maximum atomic E-state index is 6.13. The van der Waals surface area contributed by atoms with Gasteiger partial charge in [0.05, 0.1) is 11.6 Å². The molecular formula is C13H19ClN2O. The lowest BCUT2D eigenvalue weighted by Crippen LogP contribution is -2.17. The third-order valence-electron chi connectivity index (χ3n) is 2.99. The van der Waals surface area contributed by atoms with Crippen molar-refractivity contribution in [2.24, 2.45) is 5.92 Å². The Labute approximate surface area is 107 Å². The molecule has 4 heteroatoms. The highest BCUT2D eigenvalue weighted by Gasteiger charge is 2.13. The zero-order chi connectivity index (χ0) is 12.1. The van der Waals surface area contributed by atoms with Crippen LogP contribution in [0.25, 0.3) is 0 Å². The van der Waals surface area contributed by atoms with E-state index in [0.29, 0.717) is 11.6 Å². The molecule has 2 N–H and O–H groups in total. The quantitative estimate of drug-likeness (QED) is 0.848. The largest absolute Gasteiger partial charge is 0.492 e. The molecule has 94 valence electrons. The van der Waals surface area contributed by atoms with Crippen molar-refractivity contribution in [1.29, 1.82) is 0 Å². The molecule has 0 spiro atoms. The number of halogens is 1. The zero-order valence-corrected chi connectivity index (χ0v) is 10.9. The van der Waals surface area contributed by atoms with Crippen LogP contribution in [-0.4, -0.2) is 26.2 Å². The number of rotatable bonds is 5. The highest BCUT2D eigenvalue weighted by molar-refractivity contribution is 6.32. The minimum Gasteiger partial charge on any atom is -0.492 e. The van der Waals surface area contributed by atoms with Crippen molar-refractivity contribution in [2.45, 2.75) is 13.3 Å². The standard InChI is InChI=1S/C13H19ClN2O/c1-2-17-13-4-3-11(7-12(13)14)16-9-10-5-6-15-8-10/h3-4,7,10,15-16H,2,5-6,8-9H2,1H3. The van der Waals surface area contributed by atoms with Crippen LogP contribution in [0.15, 0.2) is 18.2 Å². The molecule has 1 aliphatic rings. The maximum absolute atomic E-state index is 6.13. The van der Waals surface area contributed by atoms with Crippen molar-refractivity contribution in [3.63, 3.8) is 0 Å². The Balaban J connectivity index is 1.90. The fourth-order valence-electron chi connectivity index (χ4n) is 2.03. The summed E-state index contributed by atoms with van der Waals surface area (Å²) in [4.78, 5) is 0. The van der Waals surface area contributed by atoms with Crippen LogP contribution in [0.2, 0.25) is 5.02 Å². The lowest BCUT2D eigenvalue weighted by atomic mass is 10.1. The summed E-state index contributed by atoms with van der Waals surface area (Å²) in [6.45, 7) is 5.83. The molecule has 0 amide bonds. The average Bonchev–Trinajstić information content (AvgIpc) is 2.83. The van der Waals surface area contributed by atoms with E-state index in [9.17, 15) is 0 Å². The third-order valence-corrected chi connectivity index (χ3v) is 3.28. The van der Waals surface area contributed by atoms with Crippen molar-refractivity contribution in [3.05, 3.63) is 23.2 Å². The SMILES string of the molecule is CCOc1ccc(NCC2CCNC2)cc1Cl. The second kappa shape index (κ2) is 6.12. The first-order valence-corrected chi connectivity index (χ1v) is 6.54. The van der Waals surface area contributed by atoms with Gasteiger partial charge in [0, 0.05) is 12.2 Å². The summed E-state index contributed by atoms with van der Waals surface area (Å²) in [5.74, 6) is 1.47. The second-order valence-electron chi connectivity index (χ2n) is 4.32. The Morgan fingerprint density at radius 3 is 3.06 bits per heavy atom. The van der Waals surface area contributed by atoms with Crippen LogP contribution in [0.3, 0.4) is 0 Å². The molecule has 0 saturated carbocycles. The molecule has 0 aromatic heterocycles. The summed E-state index contributed by atoms with van der Waals surface area (Å²) < 4.78 is 5.40. The van der Waals surface area contributed by atoms with E-state index in [1.54, 1.807) is 0 Å². The van der Waals surface area contributed by atoms with Gasteiger partial charge < -0.3 is 15.4 Å². The molecule has 0 radical (unpaired) electrons. The van der Waals surface area contributed by atoms with Crippen LogP contribution in [0.4, 0.5) is 5.69 Å². The van der Waals surface area contributed by atoms with Crippen molar-refractivity contribution in [1.82, 2.24) is 5.32 Å². The first kappa shape index (κ1) is 12.5. The van der Waals surface area contributed by atoms with E-state index in [0.717, 1.165) is 37.0 Å². The molecule has 3 nitrogen and oxygen atoms in total. The van der Waals surface area contributed by atoms with Gasteiger partial charge in [0.15, 0.2) is 0 Å². The summed E-state index contributed by atoms with van der Waals surface area (Å²) in [5.41, 5.74) is 1.06. The molecule has 1 heterocycles. The summed E-state index contributed by atoms with van der Waals surface area (Å²) in [6.07, 6.45) is 1.25. The van der Waals surface area contributed by atoms with Crippen LogP contribution >= 0.6 is 11.6 Å². The molecule has 1 atom stereocenters. The normalized spacial score (nSPS) is 19.3. The smallest absolute Gasteiger partial charge is 0.138 e. The molecule has 1 unspecified atom stereocenters. The minimum absolute atomic E-state index is 0.639. The van der Waals surface area contributed by atoms with Gasteiger partial charge >= 0.3 is 0 Å². The Hall–Kier alpha value is -0.930. The summed E-state index contributed by atoms with van der Waals surface area (Å²) in [7, 11) is 0. The van der Waals surface area contributed by atoms with E-state index in [1.165, 1.54) is 6.42 Å². The molecule has 0 aliphatic carbocycles. The second-order valence-corrected chi connectivity index (χ2v) is 4.73. The lowest BCUT2D eigenvalue weighted by molar-refractivity contribution is 0.340. The summed E-state index contributed by atoms with van der Waals surface area (Å²) in [6, 6.07) is 5.86. The van der Waals surface area contributed by atoms with Gasteiger partial charge in [-0.1, -0.05) is 11.6 Å². The molecule has 1 fully saturated rings. The monoisotopic (exact) mass is 254 g/mol. The van der Waals surface area contributed by atoms with Crippen LogP contribution in [-0.2, 0) is 0 Å². The average molecular weight is 255 g/mol. The van der Waals surface area contributed by atoms with E-state index in [2.05, 4.69) is 10.6 Å². The van der Waals surface area contributed by atoms with Crippen molar-refractivity contribution >= 4 is 17.3 Å². The van der Waals surface area contributed by atoms with Crippen LogP contribution in [0, 0.1) is 5.92 Å². The van der Waals surface area contributed by atoms with E-state index in [-0.39, 0.29) is 0 Å². The van der Waals surface area contributed by atoms with Gasteiger partial charge in [0.25, 0.3) is 0 Å². The van der Waals surface area contributed by atoms with Crippen LogP contribution < -0.4 is 15.4 Å². The topological polar surface area (TPSA) is 33.3 Å². The predicted molar refractivity (Wildman–Crippen MR) is 72.1 cm³/mol. The van der Waals surface area contributed by atoms with Crippen LogP contribution in [0.5, 0.6) is 5.75 Å². The summed E-state index contributed by atoms with van der Waals surface area (Å²) >= 11 is 6.13. The Bertz CT molecular complexity index is 364. The van der Waals surface area contributed by atoms with E-state index < -0.39 is 0 Å². The molecule has 1 aliphatic heterocycles. The first-order chi connectivity index (χ1) is 8.29. The van der Waals surface area contributed by atoms with Crippen molar-refractivity contribution in [2.75, 3.05) is 31.6 Å². The predicted octanol–water partition coefficient (Wildman–Crippen LogP) is 2.76. The number of hydrogen-bond acceptors (Lipinski definition) is 3. The van der Waals surface area contributed by atoms with Crippen LogP contribution in [0.1, 0.15) is 13.3 Å². The molecule has 1 aromatic carbocycles. The fraction of sp³-hybridized carbons (Fsp3) is 0.538. The van der Waals surface area contributed by atoms with Gasteiger partial charge in [0.1, 0.15) is 5.75 Å². The van der Waals surface area contributed by atoms with E-state index in [1.807, 2.05) is 25.1 Å². The maximum Gasteiger partial charge on any atom is 0.138 e. The van der Waals surface area contributed by atoms with E-state index >= 15 is 0 Å². The van der Waals surface area contributed by atoms with Gasteiger partial charge in [-0.3, -0.25) is 0 Å². The van der Waals surface area contributed by atoms with E-state index in [4.69, 9.17) is 16.3 Å². The molecule has 1 aromatic rings. The van der Waals surface area contributed by atoms with Gasteiger partial charge in [-0.15, -0.1) is 0 Å². The summed E-state index contributed by atoms with van der Waals surface area (Å²) in [5, 5.41) is 7.44. The third kappa shape index (κ3) is 3.51. The zero-order valence-electron chi connectivity index (χ0n) is 10.1. The minimum atomic E-state index is 0.639. The van der Waals surface area contributed by atoms with Gasteiger partial charge in [-0.25, -0.2) is 0 Å². The molecule has 17 heavy (non-hydrogen) atoms. The first-order valence-electron chi connectivity index (χ1n) is 6.16. The number of benzene rings is 1. The Morgan fingerprint density at radius 1 is 1.53 bits per heavy atom. The van der Waals surface area contributed by atoms with Gasteiger partial charge in [-0.05, 0) is 50.6 Å². The number of ether oxygens (including phenoxy) is 1. The van der Waals surface area contributed by atoms with Gasteiger partial charge in [0.2, 0.25) is 0 Å². The Kier molecular flexibility index (Phi) is 4.51. The molecule has 1 saturated heterocycles. The number of nitrogens with one attached hydrogen (secondary N) is 2. The lowest BCUT2D eigenvalue weighted by Gasteiger charge is -2.12. The fourth-order valence-corrected chi connectivity index (χ4v) is 2.27. The molecular weight excluding hydrogens is 236 g/mol. The number of anilines is 1. The molecule has 0 bridgehead atoms. The van der Waals surface area contributed by atoms with Crippen molar-refractivity contribution in [3.8, 4) is 5.75 Å². The highest BCUT2D eigenvalue weighted by atomic mass is 35.5. The molecule has 2 rings (SSSR count). The van der Waals surface area contributed by atoms with Gasteiger partial charge in [-0.2, -0.15) is 0 Å². The van der Waals surface area contributed by atoms with Crippen molar-refractivity contribution < 1.29 is 4.74 Å². The number of hydrogen-bond donors (Lipinski definition) is 2. The highest BCUT2D eigenvalue weighted by Crippen LogP contribution is 2.27.